The van der Waals surface area contributed by atoms with Crippen LogP contribution in [-0.4, -0.2) is 85.4 Å². The van der Waals surface area contributed by atoms with Gasteiger partial charge in [-0.05, 0) is 56.6 Å². The van der Waals surface area contributed by atoms with E-state index in [1.165, 1.54) is 0 Å². The zero-order valence-corrected chi connectivity index (χ0v) is 24.5. The molecular formula is C29H40N8O3S. The van der Waals surface area contributed by atoms with Gasteiger partial charge in [-0.3, -0.25) is 4.79 Å². The summed E-state index contributed by atoms with van der Waals surface area (Å²) in [6.45, 7) is 3.18. The van der Waals surface area contributed by atoms with Crippen molar-refractivity contribution in [2.24, 2.45) is 5.73 Å². The van der Waals surface area contributed by atoms with E-state index in [9.17, 15) is 13.2 Å². The molecule has 1 amide bonds. The molecule has 0 spiro atoms. The number of carbonyl (C=O) groups excluding carboxylic acids is 1. The molecule has 3 aromatic rings. The summed E-state index contributed by atoms with van der Waals surface area (Å²) in [5, 5.41) is 5.06. The number of nitrogens with zero attached hydrogens (tertiary/aromatic N) is 6. The highest BCUT2D eigenvalue weighted by Crippen LogP contribution is 2.34. The van der Waals surface area contributed by atoms with Gasteiger partial charge in [-0.15, -0.1) is 0 Å². The zero-order chi connectivity index (χ0) is 28.6. The summed E-state index contributed by atoms with van der Waals surface area (Å²) in [5.41, 5.74) is 9.27. The maximum Gasteiger partial charge on any atom is 0.254 e. The van der Waals surface area contributed by atoms with Gasteiger partial charge < -0.3 is 20.4 Å². The number of aromatic nitrogens is 3. The van der Waals surface area contributed by atoms with Crippen LogP contribution < -0.4 is 20.3 Å². The minimum atomic E-state index is -3.42. The number of fused-ring (bicyclic) bond motifs is 4. The van der Waals surface area contributed by atoms with E-state index >= 15 is 0 Å². The van der Waals surface area contributed by atoms with Crippen LogP contribution in [0.1, 0.15) is 66.2 Å². The monoisotopic (exact) mass is 580 g/mol. The highest BCUT2D eigenvalue weighted by molar-refractivity contribution is 7.89. The zero-order valence-electron chi connectivity index (χ0n) is 23.7. The minimum Gasteiger partial charge on any atom is -0.359 e. The molecule has 2 atom stereocenters. The third-order valence-corrected chi connectivity index (χ3v) is 10.0. The van der Waals surface area contributed by atoms with Gasteiger partial charge in [-0.2, -0.15) is 9.61 Å². The molecule has 2 aromatic heterocycles. The Labute approximate surface area is 241 Å². The Morgan fingerprint density at radius 1 is 1.02 bits per heavy atom. The Kier molecular flexibility index (Phi) is 7.88. The van der Waals surface area contributed by atoms with Gasteiger partial charge in [-0.25, -0.2) is 18.1 Å². The smallest absolute Gasteiger partial charge is 0.254 e. The van der Waals surface area contributed by atoms with Gasteiger partial charge in [0.1, 0.15) is 11.6 Å². The summed E-state index contributed by atoms with van der Waals surface area (Å²) >= 11 is 0. The molecule has 5 heterocycles. The van der Waals surface area contributed by atoms with Crippen LogP contribution in [0.25, 0.3) is 5.65 Å². The van der Waals surface area contributed by atoms with Gasteiger partial charge in [0.2, 0.25) is 10.0 Å². The van der Waals surface area contributed by atoms with E-state index in [0.29, 0.717) is 37.9 Å². The molecule has 12 heteroatoms. The number of nitrogens with two attached hydrogens (primary N) is 1. The third-order valence-electron chi connectivity index (χ3n) is 8.58. The fourth-order valence-electron chi connectivity index (χ4n) is 6.31. The van der Waals surface area contributed by atoms with Crippen LogP contribution in [0.2, 0.25) is 0 Å². The van der Waals surface area contributed by atoms with Crippen molar-refractivity contribution >= 4 is 33.2 Å². The predicted molar refractivity (Wildman–Crippen MR) is 160 cm³/mol. The van der Waals surface area contributed by atoms with Crippen LogP contribution in [0.3, 0.4) is 0 Å². The standard InChI is InChI=1S/C29H40N8O3S/c1-34-14-6-7-17-41(39,40)31-13-11-21-8-2-3-9-23(21)29(38)36-15-5-4-10-25(36)24-18-27-32-26(19-28(34)37(27)33-24)35-16-12-22(30)20-35/h2-3,8-9,18-19,22,25,31H,4-7,10-17,20,30H2,1H3. The lowest BCUT2D eigenvalue weighted by atomic mass is 9.96. The van der Waals surface area contributed by atoms with Crippen LogP contribution in [0, 0.1) is 0 Å². The molecule has 11 nitrogen and oxygen atoms in total. The number of carbonyl (C=O) groups is 1. The van der Waals surface area contributed by atoms with Gasteiger partial charge in [0.25, 0.3) is 5.91 Å². The number of piperidine rings is 1. The SMILES string of the molecule is CN1CCCCS(=O)(=O)NCCc2ccccc2C(=O)N2CCCCC2c2cc3nc(N4CCC(N)C4)cc1n3n2. The molecule has 0 radical (unpaired) electrons. The molecular weight excluding hydrogens is 540 g/mol. The van der Waals surface area contributed by atoms with E-state index in [0.717, 1.165) is 67.3 Å². The summed E-state index contributed by atoms with van der Waals surface area (Å²) in [6.07, 6.45) is 5.41. The van der Waals surface area contributed by atoms with Crippen molar-refractivity contribution in [1.29, 1.82) is 0 Å². The van der Waals surface area contributed by atoms with Gasteiger partial charge in [0.05, 0.1) is 17.5 Å². The Morgan fingerprint density at radius 2 is 1.85 bits per heavy atom. The summed E-state index contributed by atoms with van der Waals surface area (Å²) in [5.74, 6) is 1.77. The number of hydrogen-bond acceptors (Lipinski definition) is 8. The lowest BCUT2D eigenvalue weighted by Crippen LogP contribution is -2.39. The number of hydrogen-bond donors (Lipinski definition) is 2. The van der Waals surface area contributed by atoms with Crippen molar-refractivity contribution in [3.63, 3.8) is 0 Å². The quantitative estimate of drug-likeness (QED) is 0.449. The number of rotatable bonds is 1. The maximum atomic E-state index is 14.0. The van der Waals surface area contributed by atoms with E-state index in [-0.39, 0.29) is 30.3 Å². The first kappa shape index (κ1) is 27.9. The molecule has 2 saturated heterocycles. The van der Waals surface area contributed by atoms with Crippen LogP contribution in [0.15, 0.2) is 36.4 Å². The molecule has 2 fully saturated rings. The van der Waals surface area contributed by atoms with E-state index in [2.05, 4.69) is 20.6 Å². The number of benzene rings is 1. The van der Waals surface area contributed by atoms with E-state index < -0.39 is 10.0 Å². The highest BCUT2D eigenvalue weighted by Gasteiger charge is 2.32. The molecule has 0 aliphatic carbocycles. The molecule has 2 bridgehead atoms. The Hall–Kier alpha value is -3.22. The second-order valence-corrected chi connectivity index (χ2v) is 13.5. The van der Waals surface area contributed by atoms with Crippen molar-refractivity contribution in [3.05, 3.63) is 53.2 Å². The maximum absolute atomic E-state index is 14.0. The van der Waals surface area contributed by atoms with Gasteiger partial charge in [0.15, 0.2) is 5.65 Å². The van der Waals surface area contributed by atoms with E-state index in [1.54, 1.807) is 0 Å². The summed E-state index contributed by atoms with van der Waals surface area (Å²) < 4.78 is 30.1. The second kappa shape index (κ2) is 11.6. The summed E-state index contributed by atoms with van der Waals surface area (Å²) in [7, 11) is -1.41. The van der Waals surface area contributed by atoms with Crippen LogP contribution in [0.5, 0.6) is 0 Å². The largest absolute Gasteiger partial charge is 0.359 e. The summed E-state index contributed by atoms with van der Waals surface area (Å²) in [6, 6.07) is 11.6. The average Bonchev–Trinajstić information content (AvgIpc) is 3.60. The predicted octanol–water partition coefficient (Wildman–Crippen LogP) is 2.33. The fraction of sp³-hybridized carbons (Fsp3) is 0.552. The van der Waals surface area contributed by atoms with Gasteiger partial charge in [-0.1, -0.05) is 18.2 Å². The van der Waals surface area contributed by atoms with Crippen LogP contribution in [-0.2, 0) is 16.4 Å². The Morgan fingerprint density at radius 3 is 2.68 bits per heavy atom. The number of anilines is 2. The highest BCUT2D eigenvalue weighted by atomic mass is 32.2. The molecule has 3 aliphatic heterocycles. The van der Waals surface area contributed by atoms with Crippen LogP contribution in [0.4, 0.5) is 11.6 Å². The minimum absolute atomic E-state index is 0.0385. The van der Waals surface area contributed by atoms with Gasteiger partial charge >= 0.3 is 0 Å². The first-order valence-electron chi connectivity index (χ1n) is 14.8. The van der Waals surface area contributed by atoms with Crippen molar-refractivity contribution < 1.29 is 13.2 Å². The normalized spacial score (nSPS) is 24.2. The van der Waals surface area contributed by atoms with E-state index in [4.69, 9.17) is 15.8 Å². The molecule has 220 valence electrons. The molecule has 3 aliphatic rings. The number of sulfonamides is 1. The molecule has 3 N–H and O–H groups in total. The van der Waals surface area contributed by atoms with Crippen LogP contribution >= 0.6 is 0 Å². The van der Waals surface area contributed by atoms with Crippen molar-refractivity contribution in [3.8, 4) is 0 Å². The van der Waals surface area contributed by atoms with Crippen molar-refractivity contribution in [1.82, 2.24) is 24.2 Å². The summed E-state index contributed by atoms with van der Waals surface area (Å²) in [4.78, 5) is 25.3. The number of amides is 1. The number of nitrogens with one attached hydrogen (secondary N) is 1. The molecule has 0 saturated carbocycles. The third kappa shape index (κ3) is 5.91. The van der Waals surface area contributed by atoms with E-state index in [1.807, 2.05) is 46.8 Å². The lowest BCUT2D eigenvalue weighted by Gasteiger charge is -2.35. The molecule has 2 unspecified atom stereocenters. The average molecular weight is 581 g/mol. The lowest BCUT2D eigenvalue weighted by molar-refractivity contribution is 0.0604. The first-order chi connectivity index (χ1) is 19.8. The Balaban J connectivity index is 1.43. The topological polar surface area (TPSA) is 129 Å². The van der Waals surface area contributed by atoms with Crippen molar-refractivity contribution in [2.45, 2.75) is 57.0 Å². The fourth-order valence-corrected chi connectivity index (χ4v) is 7.45. The molecule has 41 heavy (non-hydrogen) atoms. The Bertz CT molecular complexity index is 1520. The molecule has 6 rings (SSSR count). The van der Waals surface area contributed by atoms with Crippen molar-refractivity contribution in [2.75, 3.05) is 55.3 Å². The van der Waals surface area contributed by atoms with Gasteiger partial charge in [0, 0.05) is 63.5 Å². The second-order valence-electron chi connectivity index (χ2n) is 11.6. The first-order valence-corrected chi connectivity index (χ1v) is 16.4. The molecule has 1 aromatic carbocycles.